The molecule has 1 aromatic carbocycles. The van der Waals surface area contributed by atoms with Gasteiger partial charge in [0.25, 0.3) is 0 Å². The van der Waals surface area contributed by atoms with Crippen molar-refractivity contribution in [3.05, 3.63) is 69.6 Å². The Kier molecular flexibility index (Phi) is 2.88. The molecule has 1 unspecified atom stereocenters. The first-order valence-electron chi connectivity index (χ1n) is 5.11. The minimum atomic E-state index is -0.696. The molecule has 0 saturated carbocycles. The van der Waals surface area contributed by atoms with Crippen molar-refractivity contribution < 1.29 is 5.11 Å². The summed E-state index contributed by atoms with van der Waals surface area (Å²) >= 11 is 0. The normalized spacial score (nSPS) is 12.4. The molecule has 0 saturated heterocycles. The molecule has 0 spiro atoms. The van der Waals surface area contributed by atoms with Crippen molar-refractivity contribution in [1.29, 1.82) is 0 Å². The second kappa shape index (κ2) is 4.33. The summed E-state index contributed by atoms with van der Waals surface area (Å²) < 4.78 is 0. The van der Waals surface area contributed by atoms with Crippen LogP contribution in [0.4, 0.5) is 0 Å². The number of hydrogen-bond acceptors (Lipinski definition) is 2. The van der Waals surface area contributed by atoms with E-state index in [9.17, 15) is 9.90 Å². The molecule has 2 aromatic rings. The molecule has 3 nitrogen and oxygen atoms in total. The predicted molar refractivity (Wildman–Crippen MR) is 62.3 cm³/mol. The van der Waals surface area contributed by atoms with Crippen LogP contribution in [0.15, 0.2) is 47.3 Å². The molecule has 1 aromatic heterocycles. The van der Waals surface area contributed by atoms with Gasteiger partial charge in [-0.05, 0) is 18.6 Å². The molecule has 16 heavy (non-hydrogen) atoms. The Hall–Kier alpha value is -1.87. The number of aromatic amines is 1. The molecule has 0 amide bonds. The van der Waals surface area contributed by atoms with Crippen molar-refractivity contribution >= 4 is 0 Å². The van der Waals surface area contributed by atoms with Crippen LogP contribution in [0.2, 0.25) is 0 Å². The summed E-state index contributed by atoms with van der Waals surface area (Å²) in [5.74, 6) is 0. The van der Waals surface area contributed by atoms with Gasteiger partial charge in [-0.3, -0.25) is 4.79 Å². The topological polar surface area (TPSA) is 53.1 Å². The first-order valence-corrected chi connectivity index (χ1v) is 5.11. The van der Waals surface area contributed by atoms with Gasteiger partial charge in [-0.2, -0.15) is 0 Å². The Morgan fingerprint density at radius 3 is 2.44 bits per heavy atom. The van der Waals surface area contributed by atoms with Crippen molar-refractivity contribution in [2.24, 2.45) is 0 Å². The molecule has 0 fully saturated rings. The molecule has 2 N–H and O–H groups in total. The highest BCUT2D eigenvalue weighted by atomic mass is 16.3. The number of aliphatic hydroxyl groups excluding tert-OH is 1. The van der Waals surface area contributed by atoms with E-state index in [1.54, 1.807) is 13.0 Å². The number of hydrogen-bond donors (Lipinski definition) is 2. The lowest BCUT2D eigenvalue weighted by Crippen LogP contribution is -2.10. The SMILES string of the molecule is Cc1[nH]c(=O)ccc1C(O)c1ccccc1. The average molecular weight is 215 g/mol. The van der Waals surface area contributed by atoms with E-state index in [1.165, 1.54) is 6.07 Å². The minimum absolute atomic E-state index is 0.151. The van der Waals surface area contributed by atoms with Crippen LogP contribution in [0.1, 0.15) is 22.9 Å². The van der Waals surface area contributed by atoms with E-state index in [0.29, 0.717) is 5.69 Å². The maximum atomic E-state index is 11.1. The molecule has 82 valence electrons. The fourth-order valence-corrected chi connectivity index (χ4v) is 1.70. The lowest BCUT2D eigenvalue weighted by molar-refractivity contribution is 0.219. The molecule has 0 aliphatic heterocycles. The number of aliphatic hydroxyl groups is 1. The fraction of sp³-hybridized carbons (Fsp3) is 0.154. The summed E-state index contributed by atoms with van der Waals surface area (Å²) in [6, 6.07) is 12.4. The van der Waals surface area contributed by atoms with Crippen molar-refractivity contribution in [3.63, 3.8) is 0 Å². The number of H-pyrrole nitrogens is 1. The van der Waals surface area contributed by atoms with Crippen LogP contribution < -0.4 is 5.56 Å². The number of rotatable bonds is 2. The largest absolute Gasteiger partial charge is 0.384 e. The molecule has 2 rings (SSSR count). The average Bonchev–Trinajstić information content (AvgIpc) is 2.29. The number of aromatic nitrogens is 1. The molecular weight excluding hydrogens is 202 g/mol. The van der Waals surface area contributed by atoms with Gasteiger partial charge in [-0.1, -0.05) is 30.3 Å². The smallest absolute Gasteiger partial charge is 0.248 e. The molecule has 0 radical (unpaired) electrons. The van der Waals surface area contributed by atoms with Crippen LogP contribution in [-0.2, 0) is 0 Å². The van der Waals surface area contributed by atoms with E-state index in [2.05, 4.69) is 4.98 Å². The second-order valence-corrected chi connectivity index (χ2v) is 3.72. The Morgan fingerprint density at radius 1 is 1.12 bits per heavy atom. The first kappa shape index (κ1) is 10.6. The van der Waals surface area contributed by atoms with E-state index in [0.717, 1.165) is 11.1 Å². The van der Waals surface area contributed by atoms with Gasteiger partial charge < -0.3 is 10.1 Å². The Bertz CT molecular complexity index is 531. The minimum Gasteiger partial charge on any atom is -0.384 e. The van der Waals surface area contributed by atoms with Crippen molar-refractivity contribution in [3.8, 4) is 0 Å². The van der Waals surface area contributed by atoms with Crippen LogP contribution >= 0.6 is 0 Å². The number of aryl methyl sites for hydroxylation is 1. The van der Waals surface area contributed by atoms with Gasteiger partial charge in [0.2, 0.25) is 5.56 Å². The van der Waals surface area contributed by atoms with Gasteiger partial charge in [-0.15, -0.1) is 0 Å². The maximum Gasteiger partial charge on any atom is 0.248 e. The lowest BCUT2D eigenvalue weighted by Gasteiger charge is -2.13. The summed E-state index contributed by atoms with van der Waals surface area (Å²) in [5, 5.41) is 10.1. The number of nitrogens with one attached hydrogen (secondary N) is 1. The summed E-state index contributed by atoms with van der Waals surface area (Å²) in [6.45, 7) is 1.78. The number of pyridine rings is 1. The maximum absolute atomic E-state index is 11.1. The summed E-state index contributed by atoms with van der Waals surface area (Å²) in [6.07, 6.45) is -0.696. The highest BCUT2D eigenvalue weighted by Gasteiger charge is 2.12. The number of benzene rings is 1. The zero-order valence-corrected chi connectivity index (χ0v) is 8.97. The lowest BCUT2D eigenvalue weighted by atomic mass is 10.0. The molecule has 1 heterocycles. The predicted octanol–water partition coefficient (Wildman–Crippen LogP) is 1.77. The van der Waals surface area contributed by atoms with Crippen LogP contribution in [0.3, 0.4) is 0 Å². The third kappa shape index (κ3) is 2.04. The summed E-state index contributed by atoms with van der Waals surface area (Å²) in [4.78, 5) is 13.7. The van der Waals surface area contributed by atoms with E-state index in [4.69, 9.17) is 0 Å². The molecule has 0 aliphatic carbocycles. The quantitative estimate of drug-likeness (QED) is 0.802. The van der Waals surface area contributed by atoms with E-state index < -0.39 is 6.10 Å². The van der Waals surface area contributed by atoms with Crippen molar-refractivity contribution in [2.75, 3.05) is 0 Å². The first-order chi connectivity index (χ1) is 7.68. The van der Waals surface area contributed by atoms with E-state index in [-0.39, 0.29) is 5.56 Å². The van der Waals surface area contributed by atoms with Crippen LogP contribution in [0.25, 0.3) is 0 Å². The van der Waals surface area contributed by atoms with E-state index >= 15 is 0 Å². The van der Waals surface area contributed by atoms with Gasteiger partial charge in [0, 0.05) is 17.3 Å². The zero-order valence-electron chi connectivity index (χ0n) is 8.97. The van der Waals surface area contributed by atoms with Crippen LogP contribution in [-0.4, -0.2) is 10.1 Å². The highest BCUT2D eigenvalue weighted by molar-refractivity contribution is 5.31. The van der Waals surface area contributed by atoms with Gasteiger partial charge in [0.05, 0.1) is 0 Å². The molecule has 3 heteroatoms. The second-order valence-electron chi connectivity index (χ2n) is 3.72. The Balaban J connectivity index is 2.42. The highest BCUT2D eigenvalue weighted by Crippen LogP contribution is 2.22. The van der Waals surface area contributed by atoms with Gasteiger partial charge in [0.1, 0.15) is 6.10 Å². The standard InChI is InChI=1S/C13H13NO2/c1-9-11(7-8-12(15)14-9)13(16)10-5-3-2-4-6-10/h2-8,13,16H,1H3,(H,14,15). The van der Waals surface area contributed by atoms with Crippen molar-refractivity contribution in [2.45, 2.75) is 13.0 Å². The monoisotopic (exact) mass is 215 g/mol. The van der Waals surface area contributed by atoms with E-state index in [1.807, 2.05) is 30.3 Å². The summed E-state index contributed by atoms with van der Waals surface area (Å²) in [5.41, 5.74) is 2.09. The van der Waals surface area contributed by atoms with Crippen molar-refractivity contribution in [1.82, 2.24) is 4.98 Å². The third-order valence-corrected chi connectivity index (χ3v) is 2.57. The Morgan fingerprint density at radius 2 is 1.81 bits per heavy atom. The van der Waals surface area contributed by atoms with Gasteiger partial charge >= 0.3 is 0 Å². The van der Waals surface area contributed by atoms with Crippen LogP contribution in [0, 0.1) is 6.92 Å². The van der Waals surface area contributed by atoms with Gasteiger partial charge in [-0.25, -0.2) is 0 Å². The van der Waals surface area contributed by atoms with Gasteiger partial charge in [0.15, 0.2) is 0 Å². The molecule has 0 aliphatic rings. The Labute approximate surface area is 93.4 Å². The fourth-order valence-electron chi connectivity index (χ4n) is 1.70. The molecule has 1 atom stereocenters. The summed E-state index contributed by atoms with van der Waals surface area (Å²) in [7, 11) is 0. The molecule has 0 bridgehead atoms. The van der Waals surface area contributed by atoms with Crippen LogP contribution in [0.5, 0.6) is 0 Å². The molecular formula is C13H13NO2. The zero-order chi connectivity index (χ0) is 11.5. The third-order valence-electron chi connectivity index (χ3n) is 2.57.